The summed E-state index contributed by atoms with van der Waals surface area (Å²) in [6.07, 6.45) is 4.69. The molecule has 0 bridgehead atoms. The maximum atomic E-state index is 4.79. The molecule has 1 aromatic heterocycles. The average Bonchev–Trinajstić information content (AvgIpc) is 2.82. The smallest absolute Gasteiger partial charge is 0.109 e. The van der Waals surface area contributed by atoms with Crippen LogP contribution in [0.15, 0.2) is 24.3 Å². The van der Waals surface area contributed by atoms with Gasteiger partial charge in [-0.05, 0) is 51.8 Å². The molecule has 3 heteroatoms. The standard InChI is InChI=1S/C17H27N3/c1-4-13-18-14(3)9-8-12-17-19-15-10-6-7-11-16(15)20(17)5-2/h6-7,10-11,14,18H,4-5,8-9,12-13H2,1-3H3. The summed E-state index contributed by atoms with van der Waals surface area (Å²) in [5, 5.41) is 3.55. The van der Waals surface area contributed by atoms with Gasteiger partial charge in [0.25, 0.3) is 0 Å². The predicted octanol–water partition coefficient (Wildman–Crippen LogP) is 3.77. The number of fused-ring (bicyclic) bond motifs is 1. The van der Waals surface area contributed by atoms with E-state index in [1.807, 2.05) is 0 Å². The molecular formula is C17H27N3. The van der Waals surface area contributed by atoms with Crippen LogP contribution in [0.1, 0.15) is 45.9 Å². The molecule has 110 valence electrons. The van der Waals surface area contributed by atoms with Gasteiger partial charge >= 0.3 is 0 Å². The van der Waals surface area contributed by atoms with Crippen molar-refractivity contribution in [3.63, 3.8) is 0 Å². The van der Waals surface area contributed by atoms with Gasteiger partial charge in [-0.3, -0.25) is 0 Å². The van der Waals surface area contributed by atoms with Gasteiger partial charge in [0, 0.05) is 19.0 Å². The Hall–Kier alpha value is -1.35. The Bertz CT molecular complexity index is 530. The molecule has 1 aromatic carbocycles. The van der Waals surface area contributed by atoms with E-state index in [1.54, 1.807) is 0 Å². The van der Waals surface area contributed by atoms with E-state index in [0.29, 0.717) is 6.04 Å². The van der Waals surface area contributed by atoms with Crippen LogP contribution in [0.5, 0.6) is 0 Å². The number of rotatable bonds is 8. The summed E-state index contributed by atoms with van der Waals surface area (Å²) in [7, 11) is 0. The highest BCUT2D eigenvalue weighted by Crippen LogP contribution is 2.17. The van der Waals surface area contributed by atoms with Crippen molar-refractivity contribution in [2.24, 2.45) is 0 Å². The number of nitrogens with zero attached hydrogens (tertiary/aromatic N) is 2. The van der Waals surface area contributed by atoms with Crippen LogP contribution >= 0.6 is 0 Å². The first-order valence-electron chi connectivity index (χ1n) is 7.93. The van der Waals surface area contributed by atoms with Crippen molar-refractivity contribution in [2.75, 3.05) is 6.54 Å². The van der Waals surface area contributed by atoms with Crippen LogP contribution in [-0.4, -0.2) is 22.1 Å². The van der Waals surface area contributed by atoms with Gasteiger partial charge in [0.15, 0.2) is 0 Å². The normalized spacial score (nSPS) is 12.9. The number of para-hydroxylation sites is 2. The average molecular weight is 273 g/mol. The Kier molecular flexibility index (Phi) is 5.60. The van der Waals surface area contributed by atoms with Crippen molar-refractivity contribution in [3.05, 3.63) is 30.1 Å². The Morgan fingerprint density at radius 3 is 2.80 bits per heavy atom. The van der Waals surface area contributed by atoms with Crippen LogP contribution < -0.4 is 5.32 Å². The molecule has 0 saturated carbocycles. The van der Waals surface area contributed by atoms with Crippen molar-refractivity contribution >= 4 is 11.0 Å². The fourth-order valence-corrected chi connectivity index (χ4v) is 2.73. The molecule has 2 rings (SSSR count). The van der Waals surface area contributed by atoms with Gasteiger partial charge < -0.3 is 9.88 Å². The fraction of sp³-hybridized carbons (Fsp3) is 0.588. The Morgan fingerprint density at radius 1 is 1.25 bits per heavy atom. The van der Waals surface area contributed by atoms with E-state index in [2.05, 4.69) is 54.9 Å². The molecular weight excluding hydrogens is 246 g/mol. The van der Waals surface area contributed by atoms with Gasteiger partial charge in [-0.25, -0.2) is 4.98 Å². The maximum absolute atomic E-state index is 4.79. The topological polar surface area (TPSA) is 29.9 Å². The summed E-state index contributed by atoms with van der Waals surface area (Å²) >= 11 is 0. The first-order chi connectivity index (χ1) is 9.76. The summed E-state index contributed by atoms with van der Waals surface area (Å²) in [5.41, 5.74) is 2.39. The monoisotopic (exact) mass is 273 g/mol. The van der Waals surface area contributed by atoms with Gasteiger partial charge in [0.1, 0.15) is 5.82 Å². The van der Waals surface area contributed by atoms with E-state index >= 15 is 0 Å². The summed E-state index contributed by atoms with van der Waals surface area (Å²) < 4.78 is 2.35. The fourth-order valence-electron chi connectivity index (χ4n) is 2.73. The first kappa shape index (κ1) is 15.0. The number of aryl methyl sites for hydroxylation is 2. The minimum Gasteiger partial charge on any atom is -0.328 e. The molecule has 0 aliphatic rings. The van der Waals surface area contributed by atoms with Gasteiger partial charge in [-0.2, -0.15) is 0 Å². The van der Waals surface area contributed by atoms with Crippen molar-refractivity contribution in [1.29, 1.82) is 0 Å². The van der Waals surface area contributed by atoms with Crippen LogP contribution in [-0.2, 0) is 13.0 Å². The second-order valence-electron chi connectivity index (χ2n) is 5.51. The number of aromatic nitrogens is 2. The lowest BCUT2D eigenvalue weighted by Crippen LogP contribution is -2.26. The van der Waals surface area contributed by atoms with E-state index in [9.17, 15) is 0 Å². The van der Waals surface area contributed by atoms with Crippen molar-refractivity contribution in [1.82, 2.24) is 14.9 Å². The second-order valence-corrected chi connectivity index (χ2v) is 5.51. The zero-order valence-electron chi connectivity index (χ0n) is 13.0. The molecule has 1 unspecified atom stereocenters. The van der Waals surface area contributed by atoms with E-state index in [4.69, 9.17) is 4.98 Å². The Balaban J connectivity index is 1.96. The third kappa shape index (κ3) is 3.60. The largest absolute Gasteiger partial charge is 0.328 e. The Morgan fingerprint density at radius 2 is 2.05 bits per heavy atom. The third-order valence-electron chi connectivity index (χ3n) is 3.83. The van der Waals surface area contributed by atoms with Crippen LogP contribution in [0, 0.1) is 0 Å². The Labute approximate surface area is 122 Å². The van der Waals surface area contributed by atoms with E-state index in [1.165, 1.54) is 30.6 Å². The molecule has 0 aliphatic heterocycles. The minimum atomic E-state index is 0.606. The molecule has 0 amide bonds. The molecule has 0 radical (unpaired) electrons. The molecule has 1 atom stereocenters. The van der Waals surface area contributed by atoms with Gasteiger partial charge in [0.05, 0.1) is 11.0 Å². The van der Waals surface area contributed by atoms with E-state index in [0.717, 1.165) is 25.0 Å². The first-order valence-corrected chi connectivity index (χ1v) is 7.93. The molecule has 20 heavy (non-hydrogen) atoms. The lowest BCUT2D eigenvalue weighted by Gasteiger charge is -2.13. The molecule has 0 saturated heterocycles. The lowest BCUT2D eigenvalue weighted by atomic mass is 10.1. The number of imidazole rings is 1. The molecule has 0 spiro atoms. The molecule has 1 N–H and O–H groups in total. The number of nitrogens with one attached hydrogen (secondary N) is 1. The molecule has 3 nitrogen and oxygen atoms in total. The predicted molar refractivity (Wildman–Crippen MR) is 86.1 cm³/mol. The van der Waals surface area contributed by atoms with Crippen LogP contribution in [0.25, 0.3) is 11.0 Å². The van der Waals surface area contributed by atoms with E-state index < -0.39 is 0 Å². The summed E-state index contributed by atoms with van der Waals surface area (Å²) in [6, 6.07) is 9.04. The van der Waals surface area contributed by atoms with Gasteiger partial charge in [-0.1, -0.05) is 19.1 Å². The van der Waals surface area contributed by atoms with Crippen LogP contribution in [0.2, 0.25) is 0 Å². The number of hydrogen-bond acceptors (Lipinski definition) is 2. The highest BCUT2D eigenvalue weighted by molar-refractivity contribution is 5.75. The van der Waals surface area contributed by atoms with E-state index in [-0.39, 0.29) is 0 Å². The van der Waals surface area contributed by atoms with Crippen molar-refractivity contribution in [2.45, 2.75) is 59.0 Å². The maximum Gasteiger partial charge on any atom is 0.109 e. The lowest BCUT2D eigenvalue weighted by molar-refractivity contribution is 0.493. The highest BCUT2D eigenvalue weighted by Gasteiger charge is 2.09. The van der Waals surface area contributed by atoms with Crippen molar-refractivity contribution < 1.29 is 0 Å². The third-order valence-corrected chi connectivity index (χ3v) is 3.83. The molecule has 1 heterocycles. The zero-order chi connectivity index (χ0) is 14.4. The zero-order valence-corrected chi connectivity index (χ0v) is 13.0. The number of benzene rings is 1. The SMILES string of the molecule is CCCNC(C)CCCc1nc2ccccc2n1CC. The molecule has 2 aromatic rings. The summed E-state index contributed by atoms with van der Waals surface area (Å²) in [4.78, 5) is 4.79. The van der Waals surface area contributed by atoms with Gasteiger partial charge in [0.2, 0.25) is 0 Å². The summed E-state index contributed by atoms with van der Waals surface area (Å²) in [6.45, 7) is 8.80. The summed E-state index contributed by atoms with van der Waals surface area (Å²) in [5.74, 6) is 1.23. The van der Waals surface area contributed by atoms with Crippen LogP contribution in [0.4, 0.5) is 0 Å². The number of hydrogen-bond donors (Lipinski definition) is 1. The van der Waals surface area contributed by atoms with Crippen molar-refractivity contribution in [3.8, 4) is 0 Å². The molecule has 0 aliphatic carbocycles. The second kappa shape index (κ2) is 7.44. The van der Waals surface area contributed by atoms with Gasteiger partial charge in [-0.15, -0.1) is 0 Å². The van der Waals surface area contributed by atoms with Crippen LogP contribution in [0.3, 0.4) is 0 Å². The highest BCUT2D eigenvalue weighted by atomic mass is 15.1. The minimum absolute atomic E-state index is 0.606. The quantitative estimate of drug-likeness (QED) is 0.793. The molecule has 0 fully saturated rings.